The molecular weight excluding hydrogens is 303 g/mol. The SMILES string of the molecule is Cc1c(-c2ccc(Oc3[nH]nnc3C(=O)O)cc2)ccnc1F. The molecule has 8 heteroatoms. The van der Waals surface area contributed by atoms with Crippen LogP contribution >= 0.6 is 0 Å². The van der Waals surface area contributed by atoms with Gasteiger partial charge in [-0.05, 0) is 36.2 Å². The minimum Gasteiger partial charge on any atom is -0.476 e. The van der Waals surface area contributed by atoms with E-state index in [0.29, 0.717) is 11.3 Å². The van der Waals surface area contributed by atoms with Gasteiger partial charge in [0, 0.05) is 11.8 Å². The number of carboxylic acid groups (broad SMARTS) is 1. The average Bonchev–Trinajstić information content (AvgIpc) is 2.99. The van der Waals surface area contributed by atoms with E-state index >= 15 is 0 Å². The summed E-state index contributed by atoms with van der Waals surface area (Å²) in [5.41, 5.74) is 1.66. The molecule has 0 aliphatic heterocycles. The number of halogens is 1. The fourth-order valence-corrected chi connectivity index (χ4v) is 2.07. The molecule has 0 atom stereocenters. The van der Waals surface area contributed by atoms with Crippen LogP contribution in [0.15, 0.2) is 36.5 Å². The summed E-state index contributed by atoms with van der Waals surface area (Å²) in [5.74, 6) is -1.42. The first kappa shape index (κ1) is 14.6. The van der Waals surface area contributed by atoms with E-state index in [2.05, 4.69) is 20.4 Å². The summed E-state index contributed by atoms with van der Waals surface area (Å²) in [4.78, 5) is 14.5. The Hall–Kier alpha value is -3.29. The molecule has 0 saturated carbocycles. The first-order valence-corrected chi connectivity index (χ1v) is 6.60. The van der Waals surface area contributed by atoms with E-state index in [0.717, 1.165) is 11.1 Å². The third-order valence-corrected chi connectivity index (χ3v) is 3.25. The lowest BCUT2D eigenvalue weighted by molar-refractivity contribution is 0.0687. The number of carbonyl (C=O) groups is 1. The molecule has 2 heterocycles. The van der Waals surface area contributed by atoms with E-state index in [1.165, 1.54) is 6.20 Å². The lowest BCUT2D eigenvalue weighted by atomic mass is 10.0. The number of benzene rings is 1. The van der Waals surface area contributed by atoms with E-state index in [9.17, 15) is 9.18 Å². The Morgan fingerprint density at radius 3 is 2.70 bits per heavy atom. The van der Waals surface area contributed by atoms with Crippen LogP contribution in [0.2, 0.25) is 0 Å². The fraction of sp³-hybridized carbons (Fsp3) is 0.0667. The second-order valence-electron chi connectivity index (χ2n) is 4.70. The number of nitrogens with one attached hydrogen (secondary N) is 1. The van der Waals surface area contributed by atoms with Crippen molar-refractivity contribution in [2.75, 3.05) is 0 Å². The molecule has 0 aliphatic carbocycles. The average molecular weight is 314 g/mol. The highest BCUT2D eigenvalue weighted by molar-refractivity contribution is 5.87. The molecule has 0 amide bonds. The molecule has 0 radical (unpaired) electrons. The summed E-state index contributed by atoms with van der Waals surface area (Å²) in [6.45, 7) is 1.65. The van der Waals surface area contributed by atoms with E-state index in [-0.39, 0.29) is 11.6 Å². The Morgan fingerprint density at radius 1 is 1.26 bits per heavy atom. The number of aromatic carboxylic acids is 1. The Bertz CT molecular complexity index is 861. The summed E-state index contributed by atoms with van der Waals surface area (Å²) in [7, 11) is 0. The molecule has 1 aromatic carbocycles. The molecule has 0 bridgehead atoms. The summed E-state index contributed by atoms with van der Waals surface area (Å²) in [6, 6.07) is 8.47. The normalized spacial score (nSPS) is 10.5. The standard InChI is InChI=1S/C15H11FN4O3/c1-8-11(6-7-17-13(8)16)9-2-4-10(5-3-9)23-14-12(15(21)22)18-20-19-14/h2-7H,1H3,(H,21,22)(H,18,19,20). The zero-order chi connectivity index (χ0) is 16.4. The molecule has 0 aliphatic rings. The zero-order valence-electron chi connectivity index (χ0n) is 11.9. The lowest BCUT2D eigenvalue weighted by Gasteiger charge is -2.08. The minimum absolute atomic E-state index is 0.0589. The number of hydrogen-bond acceptors (Lipinski definition) is 5. The van der Waals surface area contributed by atoms with Gasteiger partial charge < -0.3 is 9.84 Å². The van der Waals surface area contributed by atoms with Crippen molar-refractivity contribution in [3.05, 3.63) is 53.7 Å². The van der Waals surface area contributed by atoms with Crippen LogP contribution in [0.25, 0.3) is 11.1 Å². The van der Waals surface area contributed by atoms with Crippen molar-refractivity contribution in [2.45, 2.75) is 6.92 Å². The van der Waals surface area contributed by atoms with Crippen LogP contribution in [0, 0.1) is 12.9 Å². The number of aromatic amines is 1. The summed E-state index contributed by atoms with van der Waals surface area (Å²) < 4.78 is 18.9. The van der Waals surface area contributed by atoms with Gasteiger partial charge in [0.25, 0.3) is 5.88 Å². The molecule has 0 unspecified atom stereocenters. The maximum absolute atomic E-state index is 13.5. The van der Waals surface area contributed by atoms with Crippen molar-refractivity contribution < 1.29 is 19.0 Å². The van der Waals surface area contributed by atoms with Gasteiger partial charge in [-0.15, -0.1) is 5.10 Å². The number of hydrogen-bond donors (Lipinski definition) is 2. The van der Waals surface area contributed by atoms with Crippen LogP contribution in [-0.4, -0.2) is 31.5 Å². The van der Waals surface area contributed by atoms with Crippen LogP contribution < -0.4 is 4.74 Å². The molecule has 0 saturated heterocycles. The summed E-state index contributed by atoms with van der Waals surface area (Å²) in [6.07, 6.45) is 1.40. The van der Waals surface area contributed by atoms with Crippen molar-refractivity contribution in [2.24, 2.45) is 0 Å². The van der Waals surface area contributed by atoms with E-state index < -0.39 is 11.9 Å². The zero-order valence-corrected chi connectivity index (χ0v) is 11.9. The van der Waals surface area contributed by atoms with Gasteiger partial charge in [0.05, 0.1) is 0 Å². The number of nitrogens with zero attached hydrogens (tertiary/aromatic N) is 3. The van der Waals surface area contributed by atoms with E-state index in [4.69, 9.17) is 9.84 Å². The molecular formula is C15H11FN4O3. The highest BCUT2D eigenvalue weighted by Gasteiger charge is 2.16. The van der Waals surface area contributed by atoms with Crippen molar-refractivity contribution in [1.82, 2.24) is 20.4 Å². The van der Waals surface area contributed by atoms with Gasteiger partial charge in [0.2, 0.25) is 11.6 Å². The highest BCUT2D eigenvalue weighted by atomic mass is 19.1. The largest absolute Gasteiger partial charge is 0.476 e. The second kappa shape index (κ2) is 5.84. The van der Waals surface area contributed by atoms with Gasteiger partial charge in [-0.1, -0.05) is 17.3 Å². The maximum atomic E-state index is 13.5. The van der Waals surface area contributed by atoms with Crippen LogP contribution in [-0.2, 0) is 0 Å². The molecule has 3 rings (SSSR count). The van der Waals surface area contributed by atoms with Crippen LogP contribution in [0.1, 0.15) is 16.1 Å². The van der Waals surface area contributed by atoms with Crippen molar-refractivity contribution >= 4 is 5.97 Å². The third-order valence-electron chi connectivity index (χ3n) is 3.25. The van der Waals surface area contributed by atoms with Crippen molar-refractivity contribution in [1.29, 1.82) is 0 Å². The molecule has 3 aromatic rings. The molecule has 0 fully saturated rings. The van der Waals surface area contributed by atoms with Gasteiger partial charge in [-0.2, -0.15) is 4.39 Å². The lowest BCUT2D eigenvalue weighted by Crippen LogP contribution is -1.99. The molecule has 7 nitrogen and oxygen atoms in total. The Morgan fingerprint density at radius 2 is 2.00 bits per heavy atom. The molecule has 116 valence electrons. The number of aromatic nitrogens is 4. The summed E-state index contributed by atoms with van der Waals surface area (Å²) >= 11 is 0. The first-order chi connectivity index (χ1) is 11.1. The smallest absolute Gasteiger partial charge is 0.362 e. The van der Waals surface area contributed by atoms with Crippen LogP contribution in [0.4, 0.5) is 4.39 Å². The van der Waals surface area contributed by atoms with Gasteiger partial charge in [0.1, 0.15) is 5.75 Å². The van der Waals surface area contributed by atoms with Gasteiger partial charge in [-0.25, -0.2) is 14.9 Å². The van der Waals surface area contributed by atoms with Gasteiger partial charge >= 0.3 is 5.97 Å². The predicted octanol–water partition coefficient (Wildman–Crippen LogP) is 2.80. The molecule has 2 aromatic heterocycles. The van der Waals surface area contributed by atoms with Crippen molar-refractivity contribution in [3.8, 4) is 22.8 Å². The first-order valence-electron chi connectivity index (χ1n) is 6.60. The predicted molar refractivity (Wildman–Crippen MR) is 77.8 cm³/mol. The Balaban J connectivity index is 1.86. The molecule has 2 N–H and O–H groups in total. The highest BCUT2D eigenvalue weighted by Crippen LogP contribution is 2.28. The maximum Gasteiger partial charge on any atom is 0.362 e. The van der Waals surface area contributed by atoms with E-state index in [1.807, 2.05) is 0 Å². The molecule has 0 spiro atoms. The topological polar surface area (TPSA) is 101 Å². The number of pyridine rings is 1. The number of H-pyrrole nitrogens is 1. The third kappa shape index (κ3) is 2.86. The number of rotatable bonds is 4. The Labute approximate surface area is 129 Å². The van der Waals surface area contributed by atoms with Gasteiger partial charge in [0.15, 0.2) is 0 Å². The molecule has 23 heavy (non-hydrogen) atoms. The number of carboxylic acids is 1. The number of ether oxygens (including phenoxy) is 1. The van der Waals surface area contributed by atoms with E-state index in [1.54, 1.807) is 37.3 Å². The minimum atomic E-state index is -1.24. The summed E-state index contributed by atoms with van der Waals surface area (Å²) in [5, 5.41) is 18.1. The fourth-order valence-electron chi connectivity index (χ4n) is 2.07. The Kier molecular flexibility index (Phi) is 3.71. The van der Waals surface area contributed by atoms with Crippen molar-refractivity contribution in [3.63, 3.8) is 0 Å². The quantitative estimate of drug-likeness (QED) is 0.718. The monoisotopic (exact) mass is 314 g/mol. The van der Waals surface area contributed by atoms with Crippen LogP contribution in [0.5, 0.6) is 11.6 Å². The van der Waals surface area contributed by atoms with Gasteiger partial charge in [-0.3, -0.25) is 0 Å². The second-order valence-corrected chi connectivity index (χ2v) is 4.70. The van der Waals surface area contributed by atoms with Crippen LogP contribution in [0.3, 0.4) is 0 Å².